The van der Waals surface area contributed by atoms with Gasteiger partial charge in [-0.2, -0.15) is 0 Å². The molecule has 1 aliphatic rings. The maximum atomic E-state index is 12.7. The van der Waals surface area contributed by atoms with Crippen LogP contribution in [-0.4, -0.2) is 40.8 Å². The molecule has 0 fully saturated rings. The van der Waals surface area contributed by atoms with Crippen LogP contribution in [0, 0.1) is 0 Å². The molecule has 8 heteroatoms. The van der Waals surface area contributed by atoms with E-state index in [4.69, 9.17) is 4.74 Å². The number of imidazole rings is 1. The molecule has 2 aromatic carbocycles. The Morgan fingerprint density at radius 3 is 2.68 bits per heavy atom. The fourth-order valence-corrected chi connectivity index (χ4v) is 4.83. The number of rotatable bonds is 10. The van der Waals surface area contributed by atoms with E-state index < -0.39 is 0 Å². The number of methoxy groups -OCH3 is 1. The van der Waals surface area contributed by atoms with Gasteiger partial charge in [-0.3, -0.25) is 9.59 Å². The number of nitrogens with one attached hydrogen (secondary N) is 2. The highest BCUT2D eigenvalue weighted by molar-refractivity contribution is 7.99. The lowest BCUT2D eigenvalue weighted by Gasteiger charge is -2.13. The van der Waals surface area contributed by atoms with E-state index in [1.807, 2.05) is 28.8 Å². The molecule has 0 saturated carbocycles. The van der Waals surface area contributed by atoms with Gasteiger partial charge >= 0.3 is 0 Å². The zero-order chi connectivity index (χ0) is 23.8. The number of aromatic nitrogens is 2. The summed E-state index contributed by atoms with van der Waals surface area (Å²) < 4.78 is 7.03. The van der Waals surface area contributed by atoms with Crippen molar-refractivity contribution in [1.29, 1.82) is 0 Å². The van der Waals surface area contributed by atoms with Crippen LogP contribution in [0.3, 0.4) is 0 Å². The van der Waals surface area contributed by atoms with Gasteiger partial charge in [-0.05, 0) is 68.5 Å². The molecule has 34 heavy (non-hydrogen) atoms. The summed E-state index contributed by atoms with van der Waals surface area (Å²) in [6, 6.07) is 14.9. The quantitative estimate of drug-likeness (QED) is 0.324. The summed E-state index contributed by atoms with van der Waals surface area (Å²) in [6.45, 7) is 0.812. The fourth-order valence-electron chi connectivity index (χ4n) is 4.01. The number of anilines is 1. The van der Waals surface area contributed by atoms with Crippen LogP contribution < -0.4 is 15.4 Å². The molecule has 1 aromatic heterocycles. The van der Waals surface area contributed by atoms with E-state index in [0.717, 1.165) is 36.0 Å². The lowest BCUT2D eigenvalue weighted by molar-refractivity contribution is -0.121. The van der Waals surface area contributed by atoms with Crippen molar-refractivity contribution in [1.82, 2.24) is 14.9 Å². The zero-order valence-corrected chi connectivity index (χ0v) is 20.2. The van der Waals surface area contributed by atoms with Crippen LogP contribution in [0.5, 0.6) is 5.75 Å². The minimum atomic E-state index is -0.140. The predicted molar refractivity (Wildman–Crippen MR) is 136 cm³/mol. The second kappa shape index (κ2) is 11.7. The maximum Gasteiger partial charge on any atom is 0.240 e. The number of hydrogen-bond acceptors (Lipinski definition) is 5. The van der Waals surface area contributed by atoms with Gasteiger partial charge in [0, 0.05) is 12.2 Å². The molecule has 0 saturated heterocycles. The van der Waals surface area contributed by atoms with Gasteiger partial charge in [-0.25, -0.2) is 4.98 Å². The predicted octanol–water partition coefficient (Wildman–Crippen LogP) is 4.78. The van der Waals surface area contributed by atoms with Crippen LogP contribution in [0.2, 0.25) is 0 Å². The first kappa shape index (κ1) is 23.9. The van der Waals surface area contributed by atoms with Gasteiger partial charge in [0.15, 0.2) is 5.16 Å². The third-order valence-electron chi connectivity index (χ3n) is 5.78. The number of para-hydroxylation sites is 2. The Bertz CT molecular complexity index is 1170. The summed E-state index contributed by atoms with van der Waals surface area (Å²) in [5.41, 5.74) is 3.83. The largest absolute Gasteiger partial charge is 0.497 e. The SMILES string of the molecule is COc1ccc(NC(=O)CSc2nc3ccccc3n2CC(=O)NCCC2=CCCCC2)cc1. The Morgan fingerprint density at radius 2 is 1.91 bits per heavy atom. The van der Waals surface area contributed by atoms with Crippen LogP contribution in [0.15, 0.2) is 65.3 Å². The van der Waals surface area contributed by atoms with Crippen molar-refractivity contribution in [2.24, 2.45) is 0 Å². The van der Waals surface area contributed by atoms with E-state index >= 15 is 0 Å². The molecule has 4 rings (SSSR count). The summed E-state index contributed by atoms with van der Waals surface area (Å²) >= 11 is 1.32. The number of benzene rings is 2. The number of allylic oxidation sites excluding steroid dienone is 1. The molecule has 0 radical (unpaired) electrons. The van der Waals surface area contributed by atoms with Crippen molar-refractivity contribution >= 4 is 40.3 Å². The van der Waals surface area contributed by atoms with Crippen LogP contribution in [0.4, 0.5) is 5.69 Å². The topological polar surface area (TPSA) is 85.2 Å². The summed E-state index contributed by atoms with van der Waals surface area (Å²) in [5, 5.41) is 6.57. The molecule has 7 nitrogen and oxygen atoms in total. The van der Waals surface area contributed by atoms with Gasteiger partial charge in [0.05, 0.1) is 23.9 Å². The second-order valence-electron chi connectivity index (χ2n) is 8.24. The molecular formula is C26H30N4O3S. The van der Waals surface area contributed by atoms with Gasteiger partial charge < -0.3 is 19.9 Å². The minimum Gasteiger partial charge on any atom is -0.497 e. The number of carbonyl (C=O) groups is 2. The third-order valence-corrected chi connectivity index (χ3v) is 6.76. The lowest BCUT2D eigenvalue weighted by atomic mass is 9.97. The van der Waals surface area contributed by atoms with Gasteiger partial charge in [0.25, 0.3) is 0 Å². The molecular weight excluding hydrogens is 448 g/mol. The van der Waals surface area contributed by atoms with Gasteiger partial charge in [-0.15, -0.1) is 0 Å². The van der Waals surface area contributed by atoms with Crippen LogP contribution in [0.25, 0.3) is 11.0 Å². The normalized spacial score (nSPS) is 13.4. The first-order valence-electron chi connectivity index (χ1n) is 11.6. The number of nitrogens with zero attached hydrogens (tertiary/aromatic N) is 2. The van der Waals surface area contributed by atoms with Gasteiger partial charge in [0.1, 0.15) is 12.3 Å². The van der Waals surface area contributed by atoms with E-state index in [2.05, 4.69) is 21.7 Å². The monoisotopic (exact) mass is 478 g/mol. The van der Waals surface area contributed by atoms with Crippen molar-refractivity contribution in [3.05, 3.63) is 60.2 Å². The second-order valence-corrected chi connectivity index (χ2v) is 9.19. The van der Waals surface area contributed by atoms with Gasteiger partial charge in [-0.1, -0.05) is 35.5 Å². The van der Waals surface area contributed by atoms with Crippen molar-refractivity contribution in [3.63, 3.8) is 0 Å². The number of ether oxygens (including phenoxy) is 1. The smallest absolute Gasteiger partial charge is 0.240 e. The summed E-state index contributed by atoms with van der Waals surface area (Å²) in [6.07, 6.45) is 8.02. The average Bonchev–Trinajstić information content (AvgIpc) is 3.21. The first-order valence-corrected chi connectivity index (χ1v) is 12.6. The fraction of sp³-hybridized carbons (Fsp3) is 0.346. The Kier molecular flexibility index (Phi) is 8.25. The highest BCUT2D eigenvalue weighted by atomic mass is 32.2. The number of fused-ring (bicyclic) bond motifs is 1. The molecule has 178 valence electrons. The number of carbonyl (C=O) groups excluding carboxylic acids is 2. The summed E-state index contributed by atoms with van der Waals surface area (Å²) in [5.74, 6) is 0.725. The third kappa shape index (κ3) is 6.41. The zero-order valence-electron chi connectivity index (χ0n) is 19.4. The van der Waals surface area contributed by atoms with Crippen molar-refractivity contribution < 1.29 is 14.3 Å². The number of amides is 2. The Balaban J connectivity index is 1.36. The molecule has 0 aliphatic heterocycles. The molecule has 2 N–H and O–H groups in total. The van der Waals surface area contributed by atoms with Gasteiger partial charge in [0.2, 0.25) is 11.8 Å². The highest BCUT2D eigenvalue weighted by Crippen LogP contribution is 2.25. The van der Waals surface area contributed by atoms with E-state index in [1.54, 1.807) is 31.4 Å². The molecule has 2 amide bonds. The van der Waals surface area contributed by atoms with Crippen LogP contribution in [0.1, 0.15) is 32.1 Å². The van der Waals surface area contributed by atoms with Crippen molar-refractivity contribution in [2.45, 2.75) is 43.8 Å². The van der Waals surface area contributed by atoms with E-state index in [1.165, 1.54) is 30.2 Å². The first-order chi connectivity index (χ1) is 16.6. The standard InChI is InChI=1S/C26H30N4O3S/c1-33-21-13-11-20(12-14-21)28-25(32)18-34-26-29-22-9-5-6-10-23(22)30(26)17-24(31)27-16-15-19-7-3-2-4-8-19/h5-7,9-14H,2-4,8,15-18H2,1H3,(H,27,31)(H,28,32). The molecule has 1 aliphatic carbocycles. The molecule has 1 heterocycles. The lowest BCUT2D eigenvalue weighted by Crippen LogP contribution is -2.29. The average molecular weight is 479 g/mol. The van der Waals surface area contributed by atoms with Crippen molar-refractivity contribution in [2.75, 3.05) is 24.7 Å². The Morgan fingerprint density at radius 1 is 1.09 bits per heavy atom. The van der Waals surface area contributed by atoms with Crippen molar-refractivity contribution in [3.8, 4) is 5.75 Å². The van der Waals surface area contributed by atoms with Crippen LogP contribution in [-0.2, 0) is 16.1 Å². The molecule has 0 atom stereocenters. The summed E-state index contributed by atoms with van der Waals surface area (Å²) in [7, 11) is 1.60. The molecule has 0 unspecified atom stereocenters. The molecule has 0 bridgehead atoms. The maximum absolute atomic E-state index is 12.7. The van der Waals surface area contributed by atoms with E-state index in [-0.39, 0.29) is 24.1 Å². The Labute approximate surface area is 204 Å². The van der Waals surface area contributed by atoms with E-state index in [9.17, 15) is 9.59 Å². The summed E-state index contributed by atoms with van der Waals surface area (Å²) in [4.78, 5) is 29.9. The van der Waals surface area contributed by atoms with Crippen LogP contribution >= 0.6 is 11.8 Å². The molecule has 0 spiro atoms. The highest BCUT2D eigenvalue weighted by Gasteiger charge is 2.16. The molecule has 3 aromatic rings. The number of thioether (sulfide) groups is 1. The minimum absolute atomic E-state index is 0.0518. The number of hydrogen-bond donors (Lipinski definition) is 2. The van der Waals surface area contributed by atoms with E-state index in [0.29, 0.717) is 17.4 Å². The Hall–Kier alpha value is -3.26.